The molecule has 2 bridgehead atoms. The summed E-state index contributed by atoms with van der Waals surface area (Å²) in [6, 6.07) is 0. The Balaban J connectivity index is 1.80. The fourth-order valence-electron chi connectivity index (χ4n) is 5.04. The molecule has 0 aromatic carbocycles. The van der Waals surface area contributed by atoms with E-state index in [0.29, 0.717) is 16.9 Å². The van der Waals surface area contributed by atoms with Crippen molar-refractivity contribution in [1.29, 1.82) is 0 Å². The minimum Gasteiger partial charge on any atom is -0.390 e. The van der Waals surface area contributed by atoms with Crippen LogP contribution in [0.25, 0.3) is 0 Å². The summed E-state index contributed by atoms with van der Waals surface area (Å²) in [4.78, 5) is 0. The third-order valence-corrected chi connectivity index (χ3v) is 5.71. The third kappa shape index (κ3) is 0.646. The number of aliphatic hydroxyl groups is 1. The molecular weight excluding hydrogens is 176 g/mol. The van der Waals surface area contributed by atoms with Gasteiger partial charge in [0, 0.05) is 5.41 Å². The summed E-state index contributed by atoms with van der Waals surface area (Å²) < 4.78 is 5.97. The van der Waals surface area contributed by atoms with Gasteiger partial charge < -0.3 is 9.84 Å². The largest absolute Gasteiger partial charge is 0.390 e. The Morgan fingerprint density at radius 1 is 1.07 bits per heavy atom. The lowest BCUT2D eigenvalue weighted by Crippen LogP contribution is -2.62. The van der Waals surface area contributed by atoms with Crippen molar-refractivity contribution < 1.29 is 9.84 Å². The molecule has 1 aliphatic heterocycles. The Bertz CT molecular complexity index is 290. The highest BCUT2D eigenvalue weighted by atomic mass is 16.5. The van der Waals surface area contributed by atoms with Crippen LogP contribution in [0.2, 0.25) is 0 Å². The Hall–Kier alpha value is -0.0800. The van der Waals surface area contributed by atoms with Gasteiger partial charge >= 0.3 is 0 Å². The van der Waals surface area contributed by atoms with Gasteiger partial charge in [-0.2, -0.15) is 0 Å². The summed E-state index contributed by atoms with van der Waals surface area (Å²) in [6.07, 6.45) is 9.51. The molecule has 5 atom stereocenters. The van der Waals surface area contributed by atoms with Crippen LogP contribution in [0.5, 0.6) is 0 Å². The van der Waals surface area contributed by atoms with Crippen molar-refractivity contribution in [3.63, 3.8) is 0 Å². The van der Waals surface area contributed by atoms with Crippen molar-refractivity contribution in [1.82, 2.24) is 0 Å². The van der Waals surface area contributed by atoms with E-state index in [1.807, 2.05) is 0 Å². The maximum absolute atomic E-state index is 10.00. The van der Waals surface area contributed by atoms with E-state index in [2.05, 4.69) is 0 Å². The zero-order valence-electron chi connectivity index (χ0n) is 8.54. The molecule has 2 nitrogen and oxygen atoms in total. The number of ether oxygens (including phenoxy) is 1. The molecule has 0 unspecified atom stereocenters. The van der Waals surface area contributed by atoms with E-state index in [9.17, 15) is 5.11 Å². The lowest BCUT2D eigenvalue weighted by atomic mass is 9.39. The fourth-order valence-corrected chi connectivity index (χ4v) is 5.04. The van der Waals surface area contributed by atoms with Crippen LogP contribution >= 0.6 is 0 Å². The van der Waals surface area contributed by atoms with Gasteiger partial charge in [-0.3, -0.25) is 0 Å². The highest BCUT2D eigenvalue weighted by molar-refractivity contribution is 5.22. The first-order valence-electron chi connectivity index (χ1n) is 6.09. The lowest BCUT2D eigenvalue weighted by molar-refractivity contribution is -0.182. The van der Waals surface area contributed by atoms with Gasteiger partial charge in [-0.15, -0.1) is 0 Å². The SMILES string of the molecule is O[C@@H]1C[C@]23CCCC[C@]24C[C@H]1O[C@H]4C3. The molecular formula is C12H18O2. The van der Waals surface area contributed by atoms with E-state index in [1.54, 1.807) is 0 Å². The van der Waals surface area contributed by atoms with Gasteiger partial charge in [-0.05, 0) is 37.5 Å². The minimum absolute atomic E-state index is 0.159. The van der Waals surface area contributed by atoms with Crippen LogP contribution in [0.15, 0.2) is 0 Å². The van der Waals surface area contributed by atoms with Gasteiger partial charge in [-0.1, -0.05) is 12.8 Å². The molecule has 78 valence electrons. The van der Waals surface area contributed by atoms with E-state index < -0.39 is 0 Å². The number of aliphatic hydroxyl groups excluding tert-OH is 1. The van der Waals surface area contributed by atoms with Crippen molar-refractivity contribution in [2.75, 3.05) is 0 Å². The second kappa shape index (κ2) is 2.19. The zero-order valence-corrected chi connectivity index (χ0v) is 8.54. The van der Waals surface area contributed by atoms with Crippen molar-refractivity contribution in [3.05, 3.63) is 0 Å². The van der Waals surface area contributed by atoms with Gasteiger partial charge in [0.15, 0.2) is 0 Å². The van der Waals surface area contributed by atoms with Gasteiger partial charge in [0.1, 0.15) is 0 Å². The number of rotatable bonds is 0. The van der Waals surface area contributed by atoms with Crippen LogP contribution in [-0.2, 0) is 4.74 Å². The summed E-state index contributed by atoms with van der Waals surface area (Å²) in [6.45, 7) is 0. The predicted octanol–water partition coefficient (Wildman–Crippen LogP) is 1.86. The van der Waals surface area contributed by atoms with Crippen molar-refractivity contribution in [2.45, 2.75) is 63.3 Å². The van der Waals surface area contributed by atoms with Crippen LogP contribution in [0, 0.1) is 10.8 Å². The molecule has 1 saturated heterocycles. The molecule has 0 aromatic rings. The summed E-state index contributed by atoms with van der Waals surface area (Å²) >= 11 is 0. The smallest absolute Gasteiger partial charge is 0.0844 e. The van der Waals surface area contributed by atoms with Gasteiger partial charge in [-0.25, -0.2) is 0 Å². The number of fused-ring (bicyclic) bond motifs is 1. The van der Waals surface area contributed by atoms with Crippen molar-refractivity contribution >= 4 is 0 Å². The highest BCUT2D eigenvalue weighted by Gasteiger charge is 2.73. The van der Waals surface area contributed by atoms with E-state index in [1.165, 1.54) is 38.5 Å². The molecule has 1 heterocycles. The summed E-state index contributed by atoms with van der Waals surface area (Å²) in [5.41, 5.74) is 1.03. The second-order valence-electron chi connectivity index (χ2n) is 5.99. The van der Waals surface area contributed by atoms with Gasteiger partial charge in [0.05, 0.1) is 18.3 Å². The average molecular weight is 194 g/mol. The summed E-state index contributed by atoms with van der Waals surface area (Å²) in [5, 5.41) is 10.00. The molecule has 2 heteroatoms. The van der Waals surface area contributed by atoms with Crippen LogP contribution in [0.4, 0.5) is 0 Å². The minimum atomic E-state index is -0.159. The maximum Gasteiger partial charge on any atom is 0.0844 e. The molecule has 4 aliphatic rings. The average Bonchev–Trinajstić information content (AvgIpc) is 2.32. The molecule has 14 heavy (non-hydrogen) atoms. The van der Waals surface area contributed by atoms with E-state index in [-0.39, 0.29) is 12.2 Å². The standard InChI is InChI=1S/C12H18O2/c13-8-5-11-3-1-2-4-12(11)6-9(8)14-10(12)7-11/h8-10,13H,1-7H2/t8-,9-,10+,11+,12-/m1/s1. The Morgan fingerprint density at radius 3 is 2.86 bits per heavy atom. The molecule has 1 N–H and O–H groups in total. The molecule has 0 radical (unpaired) electrons. The van der Waals surface area contributed by atoms with Crippen LogP contribution in [0.3, 0.4) is 0 Å². The predicted molar refractivity (Wildman–Crippen MR) is 51.9 cm³/mol. The normalized spacial score (nSPS) is 64.5. The van der Waals surface area contributed by atoms with E-state index in [0.717, 1.165) is 6.42 Å². The van der Waals surface area contributed by atoms with Gasteiger partial charge in [0.2, 0.25) is 0 Å². The quantitative estimate of drug-likeness (QED) is 0.638. The number of hydrogen-bond acceptors (Lipinski definition) is 2. The van der Waals surface area contributed by atoms with Crippen LogP contribution < -0.4 is 0 Å². The third-order valence-electron chi connectivity index (χ3n) is 5.71. The first kappa shape index (κ1) is 8.12. The molecule has 4 fully saturated rings. The summed E-state index contributed by atoms with van der Waals surface area (Å²) in [5.74, 6) is 0. The lowest BCUT2D eigenvalue weighted by Gasteiger charge is -2.65. The molecule has 4 rings (SSSR count). The summed E-state index contributed by atoms with van der Waals surface area (Å²) in [7, 11) is 0. The maximum atomic E-state index is 10.00. The first-order chi connectivity index (χ1) is 6.76. The monoisotopic (exact) mass is 194 g/mol. The Labute approximate surface area is 84.6 Å². The first-order valence-corrected chi connectivity index (χ1v) is 6.09. The topological polar surface area (TPSA) is 29.5 Å². The van der Waals surface area contributed by atoms with Crippen molar-refractivity contribution in [2.24, 2.45) is 10.8 Å². The highest BCUT2D eigenvalue weighted by Crippen LogP contribution is 2.75. The Morgan fingerprint density at radius 2 is 1.93 bits per heavy atom. The zero-order chi connectivity index (χ0) is 9.39. The molecule has 3 saturated carbocycles. The van der Waals surface area contributed by atoms with Gasteiger partial charge in [0.25, 0.3) is 0 Å². The molecule has 1 spiro atoms. The molecule has 3 aliphatic carbocycles. The molecule has 0 amide bonds. The second-order valence-corrected chi connectivity index (χ2v) is 5.99. The van der Waals surface area contributed by atoms with E-state index in [4.69, 9.17) is 4.74 Å². The van der Waals surface area contributed by atoms with Crippen LogP contribution in [0.1, 0.15) is 44.9 Å². The molecule has 0 aromatic heterocycles. The van der Waals surface area contributed by atoms with Crippen molar-refractivity contribution in [3.8, 4) is 0 Å². The Kier molecular flexibility index (Phi) is 1.27. The van der Waals surface area contributed by atoms with Crippen LogP contribution in [-0.4, -0.2) is 23.4 Å². The fraction of sp³-hybridized carbons (Fsp3) is 1.00. The number of hydrogen-bond donors (Lipinski definition) is 1. The van der Waals surface area contributed by atoms with E-state index >= 15 is 0 Å².